The average Bonchev–Trinajstić information content (AvgIpc) is 1.97. The standard InChI is InChI=1S/C6H14N2O2S/c1-9-4-5(10-2)3-8-6(7)11/h5H,3-4H2,1-2H3,(H3,7,8,11). The van der Waals surface area contributed by atoms with Crippen LogP contribution in [-0.2, 0) is 9.47 Å². The first-order valence-electron chi connectivity index (χ1n) is 3.25. The molecule has 11 heavy (non-hydrogen) atoms. The molecule has 0 radical (unpaired) electrons. The number of nitrogens with one attached hydrogen (secondary N) is 1. The van der Waals surface area contributed by atoms with E-state index in [-0.39, 0.29) is 11.2 Å². The van der Waals surface area contributed by atoms with Gasteiger partial charge in [0, 0.05) is 20.8 Å². The molecule has 66 valence electrons. The molecule has 0 heterocycles. The van der Waals surface area contributed by atoms with Crippen molar-refractivity contribution in [2.24, 2.45) is 5.73 Å². The van der Waals surface area contributed by atoms with Crippen LogP contribution < -0.4 is 11.1 Å². The Kier molecular flexibility index (Phi) is 6.10. The van der Waals surface area contributed by atoms with Crippen LogP contribution in [0.2, 0.25) is 0 Å². The summed E-state index contributed by atoms with van der Waals surface area (Å²) >= 11 is 4.62. The van der Waals surface area contributed by atoms with Gasteiger partial charge < -0.3 is 20.5 Å². The van der Waals surface area contributed by atoms with Gasteiger partial charge in [0.15, 0.2) is 5.11 Å². The predicted octanol–water partition coefficient (Wildman–Crippen LogP) is -0.519. The van der Waals surface area contributed by atoms with Crippen LogP contribution >= 0.6 is 12.2 Å². The van der Waals surface area contributed by atoms with E-state index in [1.54, 1.807) is 14.2 Å². The number of methoxy groups -OCH3 is 2. The smallest absolute Gasteiger partial charge is 0.163 e. The van der Waals surface area contributed by atoms with E-state index in [0.717, 1.165) is 0 Å². The lowest BCUT2D eigenvalue weighted by Crippen LogP contribution is -2.38. The van der Waals surface area contributed by atoms with Crippen molar-refractivity contribution in [1.82, 2.24) is 5.32 Å². The van der Waals surface area contributed by atoms with Gasteiger partial charge >= 0.3 is 0 Å². The molecule has 0 aromatic carbocycles. The van der Waals surface area contributed by atoms with Crippen molar-refractivity contribution in [1.29, 1.82) is 0 Å². The van der Waals surface area contributed by atoms with E-state index in [0.29, 0.717) is 13.2 Å². The van der Waals surface area contributed by atoms with E-state index in [1.165, 1.54) is 0 Å². The first-order valence-corrected chi connectivity index (χ1v) is 3.66. The molecule has 0 amide bonds. The molecule has 3 N–H and O–H groups in total. The zero-order chi connectivity index (χ0) is 8.69. The minimum atomic E-state index is 0.00139. The summed E-state index contributed by atoms with van der Waals surface area (Å²) in [6.45, 7) is 1.12. The monoisotopic (exact) mass is 178 g/mol. The molecule has 4 nitrogen and oxygen atoms in total. The highest BCUT2D eigenvalue weighted by Gasteiger charge is 2.05. The zero-order valence-corrected chi connectivity index (χ0v) is 7.61. The molecule has 0 fully saturated rings. The summed E-state index contributed by atoms with van der Waals surface area (Å²) in [5, 5.41) is 3.07. The predicted molar refractivity (Wildman–Crippen MR) is 47.5 cm³/mol. The number of ether oxygens (including phenoxy) is 2. The van der Waals surface area contributed by atoms with Crippen molar-refractivity contribution in [3.05, 3.63) is 0 Å². The van der Waals surface area contributed by atoms with Gasteiger partial charge in [-0.05, 0) is 12.2 Å². The van der Waals surface area contributed by atoms with Crippen LogP contribution in [0.25, 0.3) is 0 Å². The molecule has 0 aromatic rings. The van der Waals surface area contributed by atoms with Crippen molar-refractivity contribution < 1.29 is 9.47 Å². The Balaban J connectivity index is 3.43. The molecule has 0 saturated heterocycles. The molecule has 0 bridgehead atoms. The van der Waals surface area contributed by atoms with Gasteiger partial charge in [-0.1, -0.05) is 0 Å². The maximum absolute atomic E-state index is 5.22. The second kappa shape index (κ2) is 6.33. The minimum absolute atomic E-state index is 0.00139. The third-order valence-electron chi connectivity index (χ3n) is 1.19. The van der Waals surface area contributed by atoms with E-state index in [2.05, 4.69) is 17.5 Å². The van der Waals surface area contributed by atoms with Crippen molar-refractivity contribution in [3.63, 3.8) is 0 Å². The number of nitrogens with two attached hydrogens (primary N) is 1. The molecular formula is C6H14N2O2S. The molecule has 0 saturated carbocycles. The Morgan fingerprint density at radius 1 is 1.64 bits per heavy atom. The van der Waals surface area contributed by atoms with Crippen LogP contribution in [0.3, 0.4) is 0 Å². The number of hydrogen-bond donors (Lipinski definition) is 2. The van der Waals surface area contributed by atoms with Gasteiger partial charge in [0.1, 0.15) is 0 Å². The lowest BCUT2D eigenvalue weighted by Gasteiger charge is -2.14. The Labute approximate surface area is 72.0 Å². The van der Waals surface area contributed by atoms with Crippen molar-refractivity contribution in [2.75, 3.05) is 27.4 Å². The Morgan fingerprint density at radius 3 is 2.64 bits per heavy atom. The quantitative estimate of drug-likeness (QED) is 0.555. The van der Waals surface area contributed by atoms with Crippen LogP contribution in [0.5, 0.6) is 0 Å². The molecule has 5 heteroatoms. The lowest BCUT2D eigenvalue weighted by atomic mass is 10.4. The van der Waals surface area contributed by atoms with E-state index in [9.17, 15) is 0 Å². The van der Waals surface area contributed by atoms with Gasteiger partial charge in [0.05, 0.1) is 12.7 Å². The molecule has 0 aliphatic rings. The summed E-state index contributed by atoms with van der Waals surface area (Å²) in [5.74, 6) is 0. The minimum Gasteiger partial charge on any atom is -0.382 e. The Hall–Kier alpha value is -0.390. The van der Waals surface area contributed by atoms with Gasteiger partial charge in [0.25, 0.3) is 0 Å². The fourth-order valence-corrected chi connectivity index (χ4v) is 0.694. The molecule has 1 unspecified atom stereocenters. The SMILES string of the molecule is COCC(CNC(N)=S)OC. The first-order chi connectivity index (χ1) is 5.20. The normalized spacial score (nSPS) is 12.5. The number of hydrogen-bond acceptors (Lipinski definition) is 3. The highest BCUT2D eigenvalue weighted by atomic mass is 32.1. The second-order valence-corrected chi connectivity index (χ2v) is 2.50. The summed E-state index contributed by atoms with van der Waals surface area (Å²) in [4.78, 5) is 0. The van der Waals surface area contributed by atoms with Crippen LogP contribution in [0, 0.1) is 0 Å². The summed E-state index contributed by atoms with van der Waals surface area (Å²) in [6.07, 6.45) is 0.00139. The van der Waals surface area contributed by atoms with Crippen LogP contribution in [-0.4, -0.2) is 38.6 Å². The topological polar surface area (TPSA) is 56.5 Å². The van der Waals surface area contributed by atoms with Crippen LogP contribution in [0.15, 0.2) is 0 Å². The summed E-state index contributed by atoms with van der Waals surface area (Å²) in [7, 11) is 3.23. The molecular weight excluding hydrogens is 164 g/mol. The van der Waals surface area contributed by atoms with Gasteiger partial charge in [-0.3, -0.25) is 0 Å². The van der Waals surface area contributed by atoms with Crippen molar-refractivity contribution >= 4 is 17.3 Å². The van der Waals surface area contributed by atoms with Gasteiger partial charge in [-0.2, -0.15) is 0 Å². The molecule has 0 aliphatic heterocycles. The maximum Gasteiger partial charge on any atom is 0.163 e. The first kappa shape index (κ1) is 10.6. The van der Waals surface area contributed by atoms with Crippen LogP contribution in [0.4, 0.5) is 0 Å². The molecule has 0 rings (SSSR count). The average molecular weight is 178 g/mol. The number of thiocarbonyl (C=S) groups is 1. The summed E-state index contributed by atoms with van der Waals surface area (Å²) < 4.78 is 9.92. The highest BCUT2D eigenvalue weighted by Crippen LogP contribution is 1.87. The molecule has 0 aliphatic carbocycles. The number of rotatable bonds is 5. The summed E-state index contributed by atoms with van der Waals surface area (Å²) in [5.41, 5.74) is 5.22. The van der Waals surface area contributed by atoms with Crippen LogP contribution in [0.1, 0.15) is 0 Å². The highest BCUT2D eigenvalue weighted by molar-refractivity contribution is 7.80. The summed E-state index contributed by atoms with van der Waals surface area (Å²) in [6, 6.07) is 0. The molecule has 1 atom stereocenters. The Bertz CT molecular complexity index is 121. The van der Waals surface area contributed by atoms with Gasteiger partial charge in [-0.25, -0.2) is 0 Å². The zero-order valence-electron chi connectivity index (χ0n) is 6.79. The second-order valence-electron chi connectivity index (χ2n) is 2.06. The molecule has 0 spiro atoms. The Morgan fingerprint density at radius 2 is 2.27 bits per heavy atom. The van der Waals surface area contributed by atoms with E-state index in [1.807, 2.05) is 0 Å². The third-order valence-corrected chi connectivity index (χ3v) is 1.33. The van der Waals surface area contributed by atoms with Gasteiger partial charge in [0.2, 0.25) is 0 Å². The maximum atomic E-state index is 5.22. The fourth-order valence-electron chi connectivity index (χ4n) is 0.611. The fraction of sp³-hybridized carbons (Fsp3) is 0.833. The van der Waals surface area contributed by atoms with Crippen molar-refractivity contribution in [2.45, 2.75) is 6.10 Å². The largest absolute Gasteiger partial charge is 0.382 e. The molecule has 0 aromatic heterocycles. The van der Waals surface area contributed by atoms with E-state index >= 15 is 0 Å². The van der Waals surface area contributed by atoms with E-state index < -0.39 is 0 Å². The lowest BCUT2D eigenvalue weighted by molar-refractivity contribution is 0.0316. The third kappa shape index (κ3) is 6.03. The van der Waals surface area contributed by atoms with Crippen molar-refractivity contribution in [3.8, 4) is 0 Å². The van der Waals surface area contributed by atoms with Gasteiger partial charge in [-0.15, -0.1) is 0 Å². The van der Waals surface area contributed by atoms with E-state index in [4.69, 9.17) is 15.2 Å².